The Hall–Kier alpha value is -2.42. The first kappa shape index (κ1) is 13.0. The predicted octanol–water partition coefficient (Wildman–Crippen LogP) is 3.07. The van der Waals surface area contributed by atoms with Crippen molar-refractivity contribution in [3.63, 3.8) is 0 Å². The number of carbonyl (C=O) groups excluding carboxylic acids is 2. The molecule has 2 aromatic carbocycles. The summed E-state index contributed by atoms with van der Waals surface area (Å²) in [5.41, 5.74) is 1.72. The molecule has 0 saturated carbocycles. The van der Waals surface area contributed by atoms with Crippen molar-refractivity contribution >= 4 is 11.6 Å². The van der Waals surface area contributed by atoms with Gasteiger partial charge in [-0.2, -0.15) is 0 Å². The molecule has 0 heterocycles. The van der Waals surface area contributed by atoms with Crippen LogP contribution in [0, 0.1) is 6.92 Å². The maximum atomic E-state index is 12.2. The van der Waals surface area contributed by atoms with Crippen molar-refractivity contribution in [3.05, 3.63) is 65.2 Å². The van der Waals surface area contributed by atoms with Crippen LogP contribution in [0.2, 0.25) is 0 Å². The molecule has 0 amide bonds. The molecular weight excluding hydrogens is 240 g/mol. The summed E-state index contributed by atoms with van der Waals surface area (Å²) in [7, 11) is 1.47. The summed E-state index contributed by atoms with van der Waals surface area (Å²) in [5.74, 6) is -0.668. The zero-order chi connectivity index (χ0) is 13.8. The summed E-state index contributed by atoms with van der Waals surface area (Å²) in [6, 6.07) is 13.6. The predicted molar refractivity (Wildman–Crippen MR) is 72.8 cm³/mol. The zero-order valence-electron chi connectivity index (χ0n) is 10.8. The van der Waals surface area contributed by atoms with E-state index in [4.69, 9.17) is 4.74 Å². The highest BCUT2D eigenvalue weighted by Crippen LogP contribution is 2.19. The third kappa shape index (κ3) is 2.71. The molecule has 3 nitrogen and oxygen atoms in total. The Morgan fingerprint density at radius 1 is 0.895 bits per heavy atom. The van der Waals surface area contributed by atoms with Crippen LogP contribution in [0.15, 0.2) is 48.5 Å². The number of hydrogen-bond acceptors (Lipinski definition) is 3. The van der Waals surface area contributed by atoms with Crippen LogP contribution < -0.4 is 4.74 Å². The molecule has 0 aliphatic heterocycles. The fraction of sp³-hybridized carbons (Fsp3) is 0.125. The maximum Gasteiger partial charge on any atom is 0.237 e. The first-order valence-corrected chi connectivity index (χ1v) is 5.92. The Balaban J connectivity index is 2.34. The van der Waals surface area contributed by atoms with E-state index in [9.17, 15) is 9.59 Å². The van der Waals surface area contributed by atoms with Crippen molar-refractivity contribution in [3.8, 4) is 5.75 Å². The Morgan fingerprint density at radius 3 is 2.16 bits per heavy atom. The molecule has 2 rings (SSSR count). The lowest BCUT2D eigenvalue weighted by molar-refractivity contribution is 0.0815. The minimum Gasteiger partial charge on any atom is -0.496 e. The summed E-state index contributed by atoms with van der Waals surface area (Å²) in [6.07, 6.45) is 0. The second kappa shape index (κ2) is 5.48. The Kier molecular flexibility index (Phi) is 3.76. The van der Waals surface area contributed by atoms with Crippen LogP contribution >= 0.6 is 0 Å². The van der Waals surface area contributed by atoms with Gasteiger partial charge in [-0.05, 0) is 19.1 Å². The Bertz CT molecular complexity index is 612. The fourth-order valence-electron chi connectivity index (χ4n) is 1.79. The Morgan fingerprint density at radius 2 is 1.53 bits per heavy atom. The van der Waals surface area contributed by atoms with E-state index in [0.717, 1.165) is 5.56 Å². The summed E-state index contributed by atoms with van der Waals surface area (Å²) in [6.45, 7) is 1.93. The largest absolute Gasteiger partial charge is 0.496 e. The third-order valence-corrected chi connectivity index (χ3v) is 2.87. The number of methoxy groups -OCH3 is 1. The van der Waals surface area contributed by atoms with Crippen LogP contribution in [0.1, 0.15) is 26.3 Å². The van der Waals surface area contributed by atoms with Crippen molar-refractivity contribution in [2.24, 2.45) is 0 Å². The highest BCUT2D eigenvalue weighted by Gasteiger charge is 2.21. The fourth-order valence-corrected chi connectivity index (χ4v) is 1.79. The Labute approximate surface area is 111 Å². The van der Waals surface area contributed by atoms with Gasteiger partial charge in [-0.3, -0.25) is 9.59 Å². The van der Waals surface area contributed by atoms with Crippen molar-refractivity contribution in [1.82, 2.24) is 0 Å². The number of aryl methyl sites for hydroxylation is 1. The van der Waals surface area contributed by atoms with Gasteiger partial charge in [0.25, 0.3) is 0 Å². The molecule has 0 unspecified atom stereocenters. The van der Waals surface area contributed by atoms with Gasteiger partial charge in [0.1, 0.15) is 5.75 Å². The topological polar surface area (TPSA) is 43.4 Å². The van der Waals surface area contributed by atoms with E-state index in [1.54, 1.807) is 36.4 Å². The van der Waals surface area contributed by atoms with Crippen LogP contribution in [0.25, 0.3) is 0 Å². The molecule has 0 spiro atoms. The van der Waals surface area contributed by atoms with Gasteiger partial charge in [0.2, 0.25) is 11.6 Å². The average molecular weight is 254 g/mol. The van der Waals surface area contributed by atoms with Crippen LogP contribution in [-0.2, 0) is 0 Å². The molecule has 0 bridgehead atoms. The summed E-state index contributed by atoms with van der Waals surface area (Å²) >= 11 is 0. The van der Waals surface area contributed by atoms with Crippen molar-refractivity contribution in [2.75, 3.05) is 7.11 Å². The molecule has 0 radical (unpaired) electrons. The normalized spacial score (nSPS) is 10.0. The highest BCUT2D eigenvalue weighted by molar-refractivity contribution is 6.49. The molecule has 0 aromatic heterocycles. The van der Waals surface area contributed by atoms with Gasteiger partial charge in [-0.25, -0.2) is 0 Å². The number of para-hydroxylation sites is 1. The van der Waals surface area contributed by atoms with Gasteiger partial charge in [-0.1, -0.05) is 42.0 Å². The summed E-state index contributed by atoms with van der Waals surface area (Å²) < 4.78 is 5.10. The van der Waals surface area contributed by atoms with E-state index >= 15 is 0 Å². The number of carbonyl (C=O) groups is 2. The average Bonchev–Trinajstić information content (AvgIpc) is 2.46. The summed E-state index contributed by atoms with van der Waals surface area (Å²) in [5, 5.41) is 0. The molecule has 3 heteroatoms. The molecule has 0 atom stereocenters. The molecule has 0 fully saturated rings. The van der Waals surface area contributed by atoms with Crippen LogP contribution in [0.5, 0.6) is 5.75 Å². The first-order chi connectivity index (χ1) is 9.13. The van der Waals surface area contributed by atoms with Crippen LogP contribution in [0.3, 0.4) is 0 Å². The van der Waals surface area contributed by atoms with Gasteiger partial charge >= 0.3 is 0 Å². The quantitative estimate of drug-likeness (QED) is 0.622. The lowest BCUT2D eigenvalue weighted by atomic mass is 10.00. The lowest BCUT2D eigenvalue weighted by Gasteiger charge is -2.06. The maximum absolute atomic E-state index is 12.2. The lowest BCUT2D eigenvalue weighted by Crippen LogP contribution is -2.15. The minimum atomic E-state index is -0.554. The monoisotopic (exact) mass is 254 g/mol. The molecule has 0 saturated heterocycles. The van der Waals surface area contributed by atoms with Gasteiger partial charge < -0.3 is 4.74 Å². The molecule has 19 heavy (non-hydrogen) atoms. The second-order valence-electron chi connectivity index (χ2n) is 4.22. The number of hydrogen-bond donors (Lipinski definition) is 0. The van der Waals surface area contributed by atoms with E-state index in [-0.39, 0.29) is 5.56 Å². The molecule has 0 aliphatic rings. The number of Topliss-reactive ketones (excluding diaryl/α,β-unsaturated/α-hetero) is 2. The van der Waals surface area contributed by atoms with E-state index < -0.39 is 11.6 Å². The summed E-state index contributed by atoms with van der Waals surface area (Å²) in [4.78, 5) is 24.3. The first-order valence-electron chi connectivity index (χ1n) is 5.92. The highest BCUT2D eigenvalue weighted by atomic mass is 16.5. The smallest absolute Gasteiger partial charge is 0.237 e. The number of benzene rings is 2. The number of ether oxygens (including phenoxy) is 1. The van der Waals surface area contributed by atoms with E-state index in [1.165, 1.54) is 7.11 Å². The second-order valence-corrected chi connectivity index (χ2v) is 4.22. The third-order valence-electron chi connectivity index (χ3n) is 2.87. The molecular formula is C16H14O3. The standard InChI is InChI=1S/C16H14O3/c1-11-7-9-12(10-8-11)15(17)16(18)13-5-3-4-6-14(13)19-2/h3-10H,1-2H3. The van der Waals surface area contributed by atoms with Gasteiger partial charge in [0.15, 0.2) is 0 Å². The van der Waals surface area contributed by atoms with E-state index in [2.05, 4.69) is 0 Å². The number of rotatable bonds is 4. The molecule has 96 valence electrons. The zero-order valence-corrected chi connectivity index (χ0v) is 10.8. The van der Waals surface area contributed by atoms with Crippen LogP contribution in [-0.4, -0.2) is 18.7 Å². The molecule has 0 N–H and O–H groups in total. The van der Waals surface area contributed by atoms with Gasteiger partial charge in [-0.15, -0.1) is 0 Å². The van der Waals surface area contributed by atoms with Crippen molar-refractivity contribution in [2.45, 2.75) is 6.92 Å². The van der Waals surface area contributed by atoms with E-state index in [1.807, 2.05) is 19.1 Å². The molecule has 2 aromatic rings. The van der Waals surface area contributed by atoms with Crippen molar-refractivity contribution < 1.29 is 14.3 Å². The molecule has 0 aliphatic carbocycles. The van der Waals surface area contributed by atoms with Crippen LogP contribution in [0.4, 0.5) is 0 Å². The number of ketones is 2. The van der Waals surface area contributed by atoms with E-state index in [0.29, 0.717) is 11.3 Å². The minimum absolute atomic E-state index is 0.288. The van der Waals surface area contributed by atoms with Crippen molar-refractivity contribution in [1.29, 1.82) is 0 Å². The SMILES string of the molecule is COc1ccccc1C(=O)C(=O)c1ccc(C)cc1. The van der Waals surface area contributed by atoms with Gasteiger partial charge in [0.05, 0.1) is 12.7 Å². The van der Waals surface area contributed by atoms with Gasteiger partial charge in [0, 0.05) is 5.56 Å².